The zero-order chi connectivity index (χ0) is 20.7. The fourth-order valence-electron chi connectivity index (χ4n) is 3.69. The molecule has 0 atom stereocenters. The molecule has 2 aliphatic heterocycles. The Morgan fingerprint density at radius 1 is 0.897 bits per heavy atom. The van der Waals surface area contributed by atoms with Crippen LogP contribution < -0.4 is 4.72 Å². The highest BCUT2D eigenvalue weighted by molar-refractivity contribution is 8.00. The van der Waals surface area contributed by atoms with Crippen LogP contribution in [0.15, 0.2) is 35.2 Å². The lowest BCUT2D eigenvalue weighted by molar-refractivity contribution is -0.129. The Morgan fingerprint density at radius 2 is 1.45 bits per heavy atom. The Labute approximate surface area is 177 Å². The van der Waals surface area contributed by atoms with E-state index in [0.29, 0.717) is 37.4 Å². The summed E-state index contributed by atoms with van der Waals surface area (Å²) in [5, 5.41) is 0. The van der Waals surface area contributed by atoms with Crippen molar-refractivity contribution < 1.29 is 18.0 Å². The average molecular weight is 440 g/mol. The lowest BCUT2D eigenvalue weighted by Crippen LogP contribution is -2.47. The second-order valence-electron chi connectivity index (χ2n) is 7.52. The molecule has 1 aromatic rings. The maximum atomic E-state index is 12.4. The predicted octanol–water partition coefficient (Wildman–Crippen LogP) is 1.70. The van der Waals surface area contributed by atoms with E-state index in [2.05, 4.69) is 4.72 Å². The predicted molar refractivity (Wildman–Crippen MR) is 114 cm³/mol. The summed E-state index contributed by atoms with van der Waals surface area (Å²) in [6, 6.07) is 8.15. The van der Waals surface area contributed by atoms with E-state index in [9.17, 15) is 18.0 Å². The molecule has 160 valence electrons. The Kier molecular flexibility index (Phi) is 7.97. The zero-order valence-electron chi connectivity index (χ0n) is 16.6. The van der Waals surface area contributed by atoms with Gasteiger partial charge in [-0.15, -0.1) is 11.8 Å². The van der Waals surface area contributed by atoms with E-state index in [-0.39, 0.29) is 22.8 Å². The minimum Gasteiger partial charge on any atom is -0.342 e. The van der Waals surface area contributed by atoms with Crippen LogP contribution in [-0.4, -0.2) is 73.8 Å². The van der Waals surface area contributed by atoms with Gasteiger partial charge in [0.2, 0.25) is 21.8 Å². The summed E-state index contributed by atoms with van der Waals surface area (Å²) in [7, 11) is -3.53. The number of rotatable bonds is 7. The quantitative estimate of drug-likeness (QED) is 0.699. The second-order valence-corrected chi connectivity index (χ2v) is 10.2. The molecule has 7 nitrogen and oxygen atoms in total. The van der Waals surface area contributed by atoms with Crippen molar-refractivity contribution in [3.8, 4) is 0 Å². The van der Waals surface area contributed by atoms with Gasteiger partial charge in [-0.25, -0.2) is 13.1 Å². The maximum absolute atomic E-state index is 12.4. The van der Waals surface area contributed by atoms with Crippen molar-refractivity contribution in [3.05, 3.63) is 30.3 Å². The fourth-order valence-corrected chi connectivity index (χ4v) is 5.83. The van der Waals surface area contributed by atoms with Gasteiger partial charge in [0.1, 0.15) is 0 Å². The number of sulfonamides is 1. The molecule has 2 amide bonds. The van der Waals surface area contributed by atoms with Gasteiger partial charge in [0.05, 0.1) is 16.4 Å². The topological polar surface area (TPSA) is 86.8 Å². The standard InChI is InChI=1S/C20H29N3O4S2/c24-19(22-11-5-2-6-12-22)15-28-16-20(25)23-13-9-17(10-14-23)21-29(26,27)18-7-3-1-4-8-18/h1,3-4,7-8,17,21H,2,5-6,9-16H2. The number of nitrogens with zero attached hydrogens (tertiary/aromatic N) is 2. The van der Waals surface area contributed by atoms with Crippen molar-refractivity contribution in [1.29, 1.82) is 0 Å². The second kappa shape index (κ2) is 10.4. The highest BCUT2D eigenvalue weighted by Gasteiger charge is 2.26. The molecule has 2 saturated heterocycles. The molecule has 2 aliphatic rings. The SMILES string of the molecule is O=C(CSCC(=O)N1CCC(NS(=O)(=O)c2ccccc2)CC1)N1CCCCC1. The van der Waals surface area contributed by atoms with Gasteiger partial charge in [-0.2, -0.15) is 0 Å². The average Bonchev–Trinajstić information content (AvgIpc) is 2.75. The molecule has 0 spiro atoms. The van der Waals surface area contributed by atoms with Crippen LogP contribution in [0.25, 0.3) is 0 Å². The van der Waals surface area contributed by atoms with Gasteiger partial charge in [-0.05, 0) is 44.2 Å². The van der Waals surface area contributed by atoms with Crippen molar-refractivity contribution in [2.24, 2.45) is 0 Å². The molecule has 0 radical (unpaired) electrons. The third-order valence-corrected chi connectivity index (χ3v) is 7.82. The lowest BCUT2D eigenvalue weighted by Gasteiger charge is -2.32. The first-order chi connectivity index (χ1) is 14.0. The number of likely N-dealkylation sites (tertiary alicyclic amines) is 2. The third-order valence-electron chi connectivity index (χ3n) is 5.38. The van der Waals surface area contributed by atoms with Gasteiger partial charge >= 0.3 is 0 Å². The number of nitrogens with one attached hydrogen (secondary N) is 1. The van der Waals surface area contributed by atoms with Crippen LogP contribution in [0.4, 0.5) is 0 Å². The Balaban J connectivity index is 1.37. The summed E-state index contributed by atoms with van der Waals surface area (Å²) in [5.74, 6) is 0.779. The molecule has 1 aromatic carbocycles. The molecule has 2 heterocycles. The zero-order valence-corrected chi connectivity index (χ0v) is 18.2. The summed E-state index contributed by atoms with van der Waals surface area (Å²) in [5.41, 5.74) is 0. The van der Waals surface area contributed by atoms with Crippen LogP contribution >= 0.6 is 11.8 Å². The lowest BCUT2D eigenvalue weighted by atomic mass is 10.1. The van der Waals surface area contributed by atoms with Gasteiger partial charge in [0.25, 0.3) is 0 Å². The molecule has 3 rings (SSSR count). The van der Waals surface area contributed by atoms with Crippen LogP contribution in [-0.2, 0) is 19.6 Å². The van der Waals surface area contributed by atoms with E-state index in [1.165, 1.54) is 18.2 Å². The molecular formula is C20H29N3O4S2. The van der Waals surface area contributed by atoms with Crippen molar-refractivity contribution >= 4 is 33.6 Å². The fraction of sp³-hybridized carbons (Fsp3) is 0.600. The highest BCUT2D eigenvalue weighted by Crippen LogP contribution is 2.17. The smallest absolute Gasteiger partial charge is 0.240 e. The minimum atomic E-state index is -3.53. The number of benzene rings is 1. The van der Waals surface area contributed by atoms with E-state index in [1.807, 2.05) is 4.90 Å². The van der Waals surface area contributed by atoms with Gasteiger partial charge in [-0.1, -0.05) is 18.2 Å². The van der Waals surface area contributed by atoms with Gasteiger partial charge in [0, 0.05) is 32.2 Å². The number of hydrogen-bond donors (Lipinski definition) is 1. The molecule has 29 heavy (non-hydrogen) atoms. The van der Waals surface area contributed by atoms with Crippen LogP contribution in [0.1, 0.15) is 32.1 Å². The van der Waals surface area contributed by atoms with Gasteiger partial charge in [0.15, 0.2) is 0 Å². The maximum Gasteiger partial charge on any atom is 0.240 e. The molecule has 0 saturated carbocycles. The molecule has 2 fully saturated rings. The molecule has 0 bridgehead atoms. The summed E-state index contributed by atoms with van der Waals surface area (Å²) >= 11 is 1.37. The summed E-state index contributed by atoms with van der Waals surface area (Å²) in [6.45, 7) is 2.72. The number of hydrogen-bond acceptors (Lipinski definition) is 5. The van der Waals surface area contributed by atoms with Crippen LogP contribution in [0, 0.1) is 0 Å². The Morgan fingerprint density at radius 3 is 2.03 bits per heavy atom. The number of amides is 2. The van der Waals surface area contributed by atoms with Crippen molar-refractivity contribution in [1.82, 2.24) is 14.5 Å². The first-order valence-electron chi connectivity index (χ1n) is 10.2. The number of thioether (sulfide) groups is 1. The minimum absolute atomic E-state index is 0.0193. The van der Waals surface area contributed by atoms with Gasteiger partial charge in [-0.3, -0.25) is 9.59 Å². The van der Waals surface area contributed by atoms with Crippen LogP contribution in [0.2, 0.25) is 0 Å². The number of carbonyl (C=O) groups is 2. The Bertz CT molecular complexity index is 787. The first-order valence-corrected chi connectivity index (χ1v) is 12.8. The van der Waals surface area contributed by atoms with E-state index >= 15 is 0 Å². The number of piperidine rings is 2. The first kappa shape index (κ1) is 22.1. The van der Waals surface area contributed by atoms with Crippen molar-refractivity contribution in [3.63, 3.8) is 0 Å². The number of carbonyl (C=O) groups excluding carboxylic acids is 2. The van der Waals surface area contributed by atoms with Crippen molar-refractivity contribution in [2.45, 2.75) is 43.0 Å². The van der Waals surface area contributed by atoms with Crippen LogP contribution in [0.5, 0.6) is 0 Å². The van der Waals surface area contributed by atoms with E-state index in [0.717, 1.165) is 25.9 Å². The summed E-state index contributed by atoms with van der Waals surface area (Å²) in [6.07, 6.45) is 4.51. The molecule has 0 unspecified atom stereocenters. The molecule has 1 N–H and O–H groups in total. The monoisotopic (exact) mass is 439 g/mol. The molecule has 9 heteroatoms. The Hall–Kier alpha value is -1.58. The van der Waals surface area contributed by atoms with E-state index in [1.54, 1.807) is 35.2 Å². The molecule has 0 aliphatic carbocycles. The highest BCUT2D eigenvalue weighted by atomic mass is 32.2. The largest absolute Gasteiger partial charge is 0.342 e. The summed E-state index contributed by atoms with van der Waals surface area (Å²) in [4.78, 5) is 28.5. The van der Waals surface area contributed by atoms with Gasteiger partial charge < -0.3 is 9.80 Å². The molecular weight excluding hydrogens is 410 g/mol. The third kappa shape index (κ3) is 6.45. The van der Waals surface area contributed by atoms with Crippen LogP contribution in [0.3, 0.4) is 0 Å². The van der Waals surface area contributed by atoms with Crippen molar-refractivity contribution in [2.75, 3.05) is 37.7 Å². The normalized spacial score (nSPS) is 18.6. The summed E-state index contributed by atoms with van der Waals surface area (Å²) < 4.78 is 27.6. The van der Waals surface area contributed by atoms with E-state index < -0.39 is 10.0 Å². The molecule has 0 aromatic heterocycles. The van der Waals surface area contributed by atoms with E-state index in [4.69, 9.17) is 0 Å².